The molecular formula is C18H26N2O2. The third kappa shape index (κ3) is 4.33. The summed E-state index contributed by atoms with van der Waals surface area (Å²) in [5, 5.41) is 2.90. The predicted molar refractivity (Wildman–Crippen MR) is 88.8 cm³/mol. The van der Waals surface area contributed by atoms with Crippen LogP contribution in [0.25, 0.3) is 0 Å². The number of carbonyl (C=O) groups is 2. The van der Waals surface area contributed by atoms with E-state index in [1.165, 1.54) is 12.0 Å². The number of nitrogens with one attached hydrogen (secondary N) is 1. The van der Waals surface area contributed by atoms with Crippen LogP contribution in [0.4, 0.5) is 5.69 Å². The molecule has 120 valence electrons. The normalized spacial score (nSPS) is 15.4. The topological polar surface area (TPSA) is 49.4 Å². The van der Waals surface area contributed by atoms with Crippen LogP contribution in [0.5, 0.6) is 0 Å². The van der Waals surface area contributed by atoms with Gasteiger partial charge in [-0.2, -0.15) is 0 Å². The van der Waals surface area contributed by atoms with Gasteiger partial charge < -0.3 is 10.2 Å². The molecule has 0 spiro atoms. The fourth-order valence-electron chi connectivity index (χ4n) is 3.06. The molecule has 1 aliphatic carbocycles. The summed E-state index contributed by atoms with van der Waals surface area (Å²) in [5.74, 6) is -0.133. The van der Waals surface area contributed by atoms with Crippen molar-refractivity contribution in [2.45, 2.75) is 58.9 Å². The Morgan fingerprint density at radius 3 is 2.41 bits per heavy atom. The largest absolute Gasteiger partial charge is 0.331 e. The zero-order valence-corrected chi connectivity index (χ0v) is 13.8. The predicted octanol–water partition coefficient (Wildman–Crippen LogP) is 3.42. The Labute approximate surface area is 132 Å². The molecule has 2 rings (SSSR count). The molecule has 4 nitrogen and oxygen atoms in total. The summed E-state index contributed by atoms with van der Waals surface area (Å²) in [7, 11) is 0. The lowest BCUT2D eigenvalue weighted by molar-refractivity contribution is -0.135. The van der Waals surface area contributed by atoms with Crippen molar-refractivity contribution in [3.63, 3.8) is 0 Å². The van der Waals surface area contributed by atoms with Gasteiger partial charge in [0.05, 0.1) is 0 Å². The first-order valence-electron chi connectivity index (χ1n) is 8.11. The Morgan fingerprint density at radius 2 is 1.82 bits per heavy atom. The Kier molecular flexibility index (Phi) is 5.58. The van der Waals surface area contributed by atoms with Crippen molar-refractivity contribution in [2.75, 3.05) is 11.9 Å². The molecule has 0 aliphatic heterocycles. The summed E-state index contributed by atoms with van der Waals surface area (Å²) in [6.45, 7) is 5.77. The number of hydrogen-bond acceptors (Lipinski definition) is 2. The highest BCUT2D eigenvalue weighted by Crippen LogP contribution is 2.23. The maximum Gasteiger partial charge on any atom is 0.244 e. The monoisotopic (exact) mass is 302 g/mol. The Hall–Kier alpha value is -1.84. The van der Waals surface area contributed by atoms with Crippen molar-refractivity contribution in [3.8, 4) is 0 Å². The molecule has 1 aliphatic rings. The van der Waals surface area contributed by atoms with E-state index in [-0.39, 0.29) is 24.4 Å². The molecule has 0 heterocycles. The highest BCUT2D eigenvalue weighted by Gasteiger charge is 2.25. The average Bonchev–Trinajstić information content (AvgIpc) is 2.49. The number of rotatable bonds is 4. The molecule has 1 fully saturated rings. The molecule has 4 heteroatoms. The van der Waals surface area contributed by atoms with E-state index in [1.54, 1.807) is 11.8 Å². The number of hydrogen-bond donors (Lipinski definition) is 1. The molecular weight excluding hydrogens is 276 g/mol. The molecule has 1 saturated carbocycles. The summed E-state index contributed by atoms with van der Waals surface area (Å²) in [6, 6.07) is 6.08. The third-order valence-electron chi connectivity index (χ3n) is 4.52. The van der Waals surface area contributed by atoms with Crippen molar-refractivity contribution in [1.82, 2.24) is 4.90 Å². The third-order valence-corrected chi connectivity index (χ3v) is 4.52. The van der Waals surface area contributed by atoms with Gasteiger partial charge in [0.2, 0.25) is 11.8 Å². The first-order chi connectivity index (χ1) is 10.5. The number of nitrogens with zero attached hydrogens (tertiary/aromatic N) is 1. The van der Waals surface area contributed by atoms with Crippen LogP contribution < -0.4 is 5.32 Å². The van der Waals surface area contributed by atoms with E-state index in [0.29, 0.717) is 0 Å². The molecule has 0 bridgehead atoms. The van der Waals surface area contributed by atoms with E-state index in [1.807, 2.05) is 32.0 Å². The highest BCUT2D eigenvalue weighted by atomic mass is 16.2. The van der Waals surface area contributed by atoms with Gasteiger partial charge in [-0.15, -0.1) is 0 Å². The molecule has 0 radical (unpaired) electrons. The van der Waals surface area contributed by atoms with Gasteiger partial charge in [-0.3, -0.25) is 9.59 Å². The van der Waals surface area contributed by atoms with Crippen LogP contribution in [0, 0.1) is 13.8 Å². The zero-order chi connectivity index (χ0) is 16.1. The van der Waals surface area contributed by atoms with Crippen molar-refractivity contribution in [3.05, 3.63) is 29.3 Å². The van der Waals surface area contributed by atoms with Gasteiger partial charge in [-0.25, -0.2) is 0 Å². The quantitative estimate of drug-likeness (QED) is 0.926. The van der Waals surface area contributed by atoms with Gasteiger partial charge in [0, 0.05) is 18.7 Å². The molecule has 0 saturated heterocycles. The van der Waals surface area contributed by atoms with Crippen molar-refractivity contribution in [2.24, 2.45) is 0 Å². The van der Waals surface area contributed by atoms with Gasteiger partial charge >= 0.3 is 0 Å². The zero-order valence-electron chi connectivity index (χ0n) is 13.8. The lowest BCUT2D eigenvalue weighted by Crippen LogP contribution is -2.44. The van der Waals surface area contributed by atoms with Gasteiger partial charge in [-0.1, -0.05) is 25.3 Å². The molecule has 1 aromatic carbocycles. The van der Waals surface area contributed by atoms with Gasteiger partial charge in [0.1, 0.15) is 6.54 Å². The standard InChI is InChI=1S/C18H26N2O2/c1-13-9-10-16(11-14(13)2)19-18(22)12-20(15(3)21)17-7-5-4-6-8-17/h9-11,17H,4-8,12H2,1-3H3,(H,19,22). The lowest BCUT2D eigenvalue weighted by atomic mass is 9.94. The summed E-state index contributed by atoms with van der Waals surface area (Å²) < 4.78 is 0. The maximum absolute atomic E-state index is 12.3. The number of aryl methyl sites for hydroxylation is 2. The van der Waals surface area contributed by atoms with Crippen LogP contribution in [-0.2, 0) is 9.59 Å². The second kappa shape index (κ2) is 7.43. The number of amides is 2. The molecule has 0 atom stereocenters. The highest BCUT2D eigenvalue weighted by molar-refractivity contribution is 5.94. The van der Waals surface area contributed by atoms with Crippen LogP contribution >= 0.6 is 0 Å². The Morgan fingerprint density at radius 1 is 1.14 bits per heavy atom. The molecule has 2 amide bonds. The van der Waals surface area contributed by atoms with E-state index in [9.17, 15) is 9.59 Å². The summed E-state index contributed by atoms with van der Waals surface area (Å²) in [5.41, 5.74) is 3.14. The minimum absolute atomic E-state index is 0.0119. The summed E-state index contributed by atoms with van der Waals surface area (Å²) >= 11 is 0. The van der Waals surface area contributed by atoms with Crippen LogP contribution in [0.1, 0.15) is 50.2 Å². The van der Waals surface area contributed by atoms with Crippen LogP contribution in [0.2, 0.25) is 0 Å². The van der Waals surface area contributed by atoms with Crippen molar-refractivity contribution in [1.29, 1.82) is 0 Å². The fourth-order valence-corrected chi connectivity index (χ4v) is 3.06. The van der Waals surface area contributed by atoms with E-state index >= 15 is 0 Å². The second-order valence-electron chi connectivity index (χ2n) is 6.29. The number of carbonyl (C=O) groups excluding carboxylic acids is 2. The molecule has 0 aromatic heterocycles. The maximum atomic E-state index is 12.3. The minimum Gasteiger partial charge on any atom is -0.331 e. The molecule has 1 aromatic rings. The number of anilines is 1. The van der Waals surface area contributed by atoms with E-state index in [4.69, 9.17) is 0 Å². The van der Waals surface area contributed by atoms with Crippen molar-refractivity contribution < 1.29 is 9.59 Å². The Bertz CT molecular complexity index is 548. The van der Waals surface area contributed by atoms with E-state index in [0.717, 1.165) is 36.9 Å². The molecule has 1 N–H and O–H groups in total. The minimum atomic E-state index is -0.121. The lowest BCUT2D eigenvalue weighted by Gasteiger charge is -2.33. The van der Waals surface area contributed by atoms with Crippen molar-refractivity contribution >= 4 is 17.5 Å². The molecule has 22 heavy (non-hydrogen) atoms. The SMILES string of the molecule is CC(=O)N(CC(=O)Nc1ccc(C)c(C)c1)C1CCCCC1. The molecule has 0 unspecified atom stereocenters. The summed E-state index contributed by atoms with van der Waals surface area (Å²) in [4.78, 5) is 25.9. The summed E-state index contributed by atoms with van der Waals surface area (Å²) in [6.07, 6.45) is 5.55. The van der Waals surface area contributed by atoms with Gasteiger partial charge in [0.15, 0.2) is 0 Å². The second-order valence-corrected chi connectivity index (χ2v) is 6.29. The number of benzene rings is 1. The van der Waals surface area contributed by atoms with E-state index < -0.39 is 0 Å². The van der Waals surface area contributed by atoms with Crippen LogP contribution in [0.15, 0.2) is 18.2 Å². The van der Waals surface area contributed by atoms with Gasteiger partial charge in [-0.05, 0) is 49.9 Å². The van der Waals surface area contributed by atoms with Crippen LogP contribution in [-0.4, -0.2) is 29.3 Å². The smallest absolute Gasteiger partial charge is 0.244 e. The van der Waals surface area contributed by atoms with Crippen LogP contribution in [0.3, 0.4) is 0 Å². The van der Waals surface area contributed by atoms with E-state index in [2.05, 4.69) is 5.32 Å². The fraction of sp³-hybridized carbons (Fsp3) is 0.556. The first-order valence-corrected chi connectivity index (χ1v) is 8.11. The first kappa shape index (κ1) is 16.5. The average molecular weight is 302 g/mol. The van der Waals surface area contributed by atoms with Gasteiger partial charge in [0.25, 0.3) is 0 Å². The Balaban J connectivity index is 1.98.